The van der Waals surface area contributed by atoms with E-state index in [1.807, 2.05) is 0 Å². The van der Waals surface area contributed by atoms with Gasteiger partial charge in [-0.25, -0.2) is 0 Å². The Balaban J connectivity index is 0.000000146. The van der Waals surface area contributed by atoms with Crippen molar-refractivity contribution in [2.24, 2.45) is 0 Å². The van der Waals surface area contributed by atoms with Crippen LogP contribution in [0.2, 0.25) is 0 Å². The number of benzene rings is 4. The first-order chi connectivity index (χ1) is 16.0. The molecule has 0 N–H and O–H groups in total. The van der Waals surface area contributed by atoms with Crippen LogP contribution < -0.4 is 0 Å². The predicted octanol–water partition coefficient (Wildman–Crippen LogP) is 8.03. The van der Waals surface area contributed by atoms with E-state index in [2.05, 4.69) is 48.5 Å². The van der Waals surface area contributed by atoms with Gasteiger partial charge >= 0.3 is 0 Å². The molecule has 6 rings (SSSR count). The molecule has 33 heavy (non-hydrogen) atoms. The van der Waals surface area contributed by atoms with Crippen molar-refractivity contribution in [3.63, 3.8) is 0 Å². The third-order valence-electron chi connectivity index (χ3n) is 6.52. The number of alkyl halides is 1. The fourth-order valence-electron chi connectivity index (χ4n) is 4.92. The maximum Gasteiger partial charge on any atom is 0.252 e. The molecule has 0 heterocycles. The number of aryl methyl sites for hydroxylation is 1. The molecular weight excluding hydrogens is 451 g/mol. The molecule has 164 valence electrons. The van der Waals surface area contributed by atoms with Crippen LogP contribution in [0, 0.1) is 0 Å². The Hall–Kier alpha value is -2.94. The highest BCUT2D eigenvalue weighted by atomic mass is 35.5. The highest BCUT2D eigenvalue weighted by molar-refractivity contribution is 6.74. The molecular formula is C29H22Cl2O2. The van der Waals surface area contributed by atoms with Crippen molar-refractivity contribution >= 4 is 61.3 Å². The number of carbonyl (C=O) groups excluding carboxylic acids is 2. The van der Waals surface area contributed by atoms with Gasteiger partial charge in [0.25, 0.3) is 5.24 Å². The van der Waals surface area contributed by atoms with Gasteiger partial charge < -0.3 is 0 Å². The molecule has 4 heteroatoms. The summed E-state index contributed by atoms with van der Waals surface area (Å²) in [5, 5.41) is 5.10. The predicted molar refractivity (Wildman–Crippen MR) is 137 cm³/mol. The SMILES string of the molecule is ClC1CCCc2c1ccc1c2ccc2ccccc21.O=C(Cl)C1=CCC(=O)c2ccccc21. The molecule has 0 fully saturated rings. The molecule has 0 bridgehead atoms. The Morgan fingerprint density at radius 2 is 1.55 bits per heavy atom. The van der Waals surface area contributed by atoms with E-state index in [4.69, 9.17) is 23.2 Å². The zero-order chi connectivity index (χ0) is 22.9. The van der Waals surface area contributed by atoms with Crippen LogP contribution in [0.1, 0.15) is 51.7 Å². The molecule has 2 nitrogen and oxygen atoms in total. The normalized spacial score (nSPS) is 17.0. The summed E-state index contributed by atoms with van der Waals surface area (Å²) in [6.07, 6.45) is 5.31. The molecule has 0 saturated carbocycles. The van der Waals surface area contributed by atoms with Gasteiger partial charge in [0.2, 0.25) is 0 Å². The number of Topliss-reactive ketones (excluding diaryl/α,β-unsaturated/α-hetero) is 1. The van der Waals surface area contributed by atoms with E-state index in [1.165, 1.54) is 39.1 Å². The maximum absolute atomic E-state index is 11.5. The average Bonchev–Trinajstić information content (AvgIpc) is 2.84. The third kappa shape index (κ3) is 4.10. The number of hydrogen-bond acceptors (Lipinski definition) is 2. The Kier molecular flexibility index (Phi) is 6.05. The van der Waals surface area contributed by atoms with Crippen molar-refractivity contribution in [2.75, 3.05) is 0 Å². The highest BCUT2D eigenvalue weighted by Crippen LogP contribution is 2.39. The molecule has 2 aliphatic carbocycles. The van der Waals surface area contributed by atoms with Gasteiger partial charge in [0.15, 0.2) is 5.78 Å². The van der Waals surface area contributed by atoms with Gasteiger partial charge in [-0.3, -0.25) is 9.59 Å². The number of ketones is 1. The number of fused-ring (bicyclic) bond motifs is 6. The zero-order valence-corrected chi connectivity index (χ0v) is 19.5. The minimum absolute atomic E-state index is 0.0299. The van der Waals surface area contributed by atoms with Gasteiger partial charge in [-0.05, 0) is 69.1 Å². The lowest BCUT2D eigenvalue weighted by Crippen LogP contribution is -2.10. The Labute approximate surface area is 202 Å². The van der Waals surface area contributed by atoms with Crippen molar-refractivity contribution in [1.82, 2.24) is 0 Å². The van der Waals surface area contributed by atoms with Crippen molar-refractivity contribution in [1.29, 1.82) is 0 Å². The molecule has 1 atom stereocenters. The molecule has 2 aliphatic rings. The molecule has 0 spiro atoms. The van der Waals surface area contributed by atoms with Crippen LogP contribution in [0.25, 0.3) is 27.1 Å². The second-order valence-corrected chi connectivity index (χ2v) is 9.31. The molecule has 0 aliphatic heterocycles. The number of hydrogen-bond donors (Lipinski definition) is 0. The first kappa shape index (κ1) is 21.9. The van der Waals surface area contributed by atoms with Crippen LogP contribution in [0.15, 0.2) is 78.9 Å². The lowest BCUT2D eigenvalue weighted by atomic mass is 9.86. The molecule has 4 aromatic rings. The zero-order valence-electron chi connectivity index (χ0n) is 18.0. The van der Waals surface area contributed by atoms with Gasteiger partial charge in [0.05, 0.1) is 5.38 Å². The van der Waals surface area contributed by atoms with Crippen LogP contribution in [0.4, 0.5) is 0 Å². The minimum atomic E-state index is -0.509. The van der Waals surface area contributed by atoms with E-state index in [-0.39, 0.29) is 17.6 Å². The number of rotatable bonds is 1. The minimum Gasteiger partial charge on any atom is -0.294 e. The third-order valence-corrected chi connectivity index (χ3v) is 7.17. The van der Waals surface area contributed by atoms with Crippen LogP contribution in [0.3, 0.4) is 0 Å². The van der Waals surface area contributed by atoms with Gasteiger partial charge in [-0.2, -0.15) is 0 Å². The number of carbonyl (C=O) groups is 2. The second kappa shape index (κ2) is 9.13. The fraction of sp³-hybridized carbons (Fsp3) is 0.172. The van der Waals surface area contributed by atoms with E-state index in [9.17, 15) is 9.59 Å². The van der Waals surface area contributed by atoms with E-state index >= 15 is 0 Å². The second-order valence-electron chi connectivity index (χ2n) is 8.44. The molecule has 0 saturated heterocycles. The summed E-state index contributed by atoms with van der Waals surface area (Å²) in [5.74, 6) is 0.0299. The Morgan fingerprint density at radius 1 is 0.818 bits per heavy atom. The lowest BCUT2D eigenvalue weighted by Gasteiger charge is -2.22. The summed E-state index contributed by atoms with van der Waals surface area (Å²) >= 11 is 11.9. The molecule has 1 unspecified atom stereocenters. The van der Waals surface area contributed by atoms with Gasteiger partial charge in [-0.15, -0.1) is 11.6 Å². The first-order valence-corrected chi connectivity index (χ1v) is 12.0. The molecule has 4 aromatic carbocycles. The van der Waals surface area contributed by atoms with Crippen LogP contribution in [0.5, 0.6) is 0 Å². The van der Waals surface area contributed by atoms with Gasteiger partial charge in [-0.1, -0.05) is 78.9 Å². The van der Waals surface area contributed by atoms with Gasteiger partial charge in [0, 0.05) is 17.6 Å². The molecule has 0 aromatic heterocycles. The van der Waals surface area contributed by atoms with Crippen molar-refractivity contribution < 1.29 is 9.59 Å². The van der Waals surface area contributed by atoms with E-state index in [0.717, 1.165) is 12.8 Å². The highest BCUT2D eigenvalue weighted by Gasteiger charge is 2.22. The summed E-state index contributed by atoms with van der Waals surface area (Å²) in [7, 11) is 0. The molecule has 0 radical (unpaired) electrons. The van der Waals surface area contributed by atoms with Crippen molar-refractivity contribution in [3.05, 3.63) is 101 Å². The van der Waals surface area contributed by atoms with E-state index < -0.39 is 5.24 Å². The van der Waals surface area contributed by atoms with Crippen LogP contribution in [-0.2, 0) is 11.2 Å². The van der Waals surface area contributed by atoms with Crippen molar-refractivity contribution in [3.8, 4) is 0 Å². The van der Waals surface area contributed by atoms with E-state index in [1.54, 1.807) is 30.3 Å². The smallest absolute Gasteiger partial charge is 0.252 e. The topological polar surface area (TPSA) is 34.1 Å². The Morgan fingerprint density at radius 3 is 2.36 bits per heavy atom. The van der Waals surface area contributed by atoms with Gasteiger partial charge in [0.1, 0.15) is 0 Å². The lowest BCUT2D eigenvalue weighted by molar-refractivity contribution is -0.106. The monoisotopic (exact) mass is 472 g/mol. The first-order valence-electron chi connectivity index (χ1n) is 11.1. The summed E-state index contributed by atoms with van der Waals surface area (Å²) in [6, 6.07) is 24.6. The quantitative estimate of drug-likeness (QED) is 0.159. The summed E-state index contributed by atoms with van der Waals surface area (Å²) in [4.78, 5) is 22.5. The summed E-state index contributed by atoms with van der Waals surface area (Å²) < 4.78 is 0. The van der Waals surface area contributed by atoms with Crippen LogP contribution in [-0.4, -0.2) is 11.0 Å². The van der Waals surface area contributed by atoms with Crippen molar-refractivity contribution in [2.45, 2.75) is 31.1 Å². The number of allylic oxidation sites excluding steroid dienone is 2. The maximum atomic E-state index is 11.5. The van der Waals surface area contributed by atoms with Crippen LogP contribution >= 0.6 is 23.2 Å². The average molecular weight is 473 g/mol. The fourth-order valence-corrected chi connectivity index (χ4v) is 5.45. The number of halogens is 2. The standard InChI is InChI=1S/C18H15Cl.C11H7ClO2/c19-18-7-3-6-14-16-9-8-12-4-1-2-5-13(12)15(16)10-11-17(14)18;12-11(14)9-5-6-10(13)8-4-2-1-3-7(8)9/h1-2,4-5,8-11,18H,3,6-7H2;1-5H,6H2. The molecule has 0 amide bonds. The Bertz CT molecular complexity index is 1430. The summed E-state index contributed by atoms with van der Waals surface area (Å²) in [5.41, 5.74) is 4.47. The largest absolute Gasteiger partial charge is 0.294 e. The summed E-state index contributed by atoms with van der Waals surface area (Å²) in [6.45, 7) is 0. The van der Waals surface area contributed by atoms with E-state index in [0.29, 0.717) is 16.7 Å².